The predicted molar refractivity (Wildman–Crippen MR) is 87.7 cm³/mol. The number of hydrogen-bond acceptors (Lipinski definition) is 3. The minimum atomic E-state index is -0.586. The van der Waals surface area contributed by atoms with Crippen LogP contribution in [-0.4, -0.2) is 5.91 Å². The molecule has 0 fully saturated rings. The van der Waals surface area contributed by atoms with E-state index in [2.05, 4.69) is 21.2 Å². The van der Waals surface area contributed by atoms with E-state index >= 15 is 0 Å². The lowest BCUT2D eigenvalue weighted by Gasteiger charge is -2.24. The van der Waals surface area contributed by atoms with Crippen molar-refractivity contribution < 1.29 is 4.79 Å². The van der Waals surface area contributed by atoms with Gasteiger partial charge in [0.1, 0.15) is 0 Å². The van der Waals surface area contributed by atoms with Gasteiger partial charge in [-0.2, -0.15) is 0 Å². The molecule has 1 amide bonds. The van der Waals surface area contributed by atoms with Gasteiger partial charge in [0, 0.05) is 15.0 Å². The normalized spacial score (nSPS) is 11.3. The Labute approximate surface area is 131 Å². The van der Waals surface area contributed by atoms with Crippen LogP contribution in [0.5, 0.6) is 0 Å². The van der Waals surface area contributed by atoms with Crippen LogP contribution in [0.2, 0.25) is 0 Å². The summed E-state index contributed by atoms with van der Waals surface area (Å²) in [6, 6.07) is 9.42. The van der Waals surface area contributed by atoms with E-state index in [4.69, 9.17) is 5.73 Å². The van der Waals surface area contributed by atoms with E-state index in [-0.39, 0.29) is 5.91 Å². The van der Waals surface area contributed by atoms with Gasteiger partial charge in [-0.1, -0.05) is 12.1 Å². The molecule has 1 heterocycles. The van der Waals surface area contributed by atoms with E-state index in [1.165, 1.54) is 0 Å². The fourth-order valence-electron chi connectivity index (χ4n) is 1.86. The quantitative estimate of drug-likeness (QED) is 0.824. The second-order valence-corrected chi connectivity index (χ2v) is 6.98. The first-order chi connectivity index (χ1) is 9.41. The molecule has 20 heavy (non-hydrogen) atoms. The molecule has 3 N–H and O–H groups in total. The van der Waals surface area contributed by atoms with Gasteiger partial charge in [0.05, 0.1) is 12.0 Å². The molecule has 1 aromatic carbocycles. The maximum absolute atomic E-state index is 12.4. The minimum Gasteiger partial charge on any atom is -0.399 e. The van der Waals surface area contributed by atoms with Crippen LogP contribution in [0.15, 0.2) is 40.2 Å². The van der Waals surface area contributed by atoms with Crippen LogP contribution in [0.1, 0.15) is 24.3 Å². The fourth-order valence-corrected chi connectivity index (χ4v) is 3.30. The molecule has 0 spiro atoms. The summed E-state index contributed by atoms with van der Waals surface area (Å²) in [7, 11) is 0. The fraction of sp³-hybridized carbons (Fsp3) is 0.267. The SMILES string of the molecule is CC(C)(C(=O)NCc1sccc1Br)c1ccc(N)cc1. The van der Waals surface area contributed by atoms with Crippen molar-refractivity contribution in [3.8, 4) is 0 Å². The molecule has 0 aliphatic rings. The first kappa shape index (κ1) is 15.1. The van der Waals surface area contributed by atoms with Gasteiger partial charge in [0.15, 0.2) is 0 Å². The van der Waals surface area contributed by atoms with Crippen molar-refractivity contribution in [2.75, 3.05) is 5.73 Å². The number of nitrogen functional groups attached to an aromatic ring is 1. The summed E-state index contributed by atoms with van der Waals surface area (Å²) in [5.41, 5.74) is 6.75. The number of amides is 1. The second-order valence-electron chi connectivity index (χ2n) is 5.12. The molecule has 1 aromatic heterocycles. The van der Waals surface area contributed by atoms with Crippen LogP contribution >= 0.6 is 27.3 Å². The van der Waals surface area contributed by atoms with Crippen LogP contribution in [0.25, 0.3) is 0 Å². The first-order valence-corrected chi connectivity index (χ1v) is 7.94. The van der Waals surface area contributed by atoms with Crippen molar-refractivity contribution in [1.82, 2.24) is 5.32 Å². The summed E-state index contributed by atoms with van der Waals surface area (Å²) >= 11 is 5.09. The van der Waals surface area contributed by atoms with Crippen molar-refractivity contribution in [3.05, 3.63) is 50.6 Å². The van der Waals surface area contributed by atoms with E-state index in [1.54, 1.807) is 11.3 Å². The van der Waals surface area contributed by atoms with Crippen LogP contribution < -0.4 is 11.1 Å². The average Bonchev–Trinajstić information content (AvgIpc) is 2.82. The van der Waals surface area contributed by atoms with Crippen molar-refractivity contribution in [3.63, 3.8) is 0 Å². The number of thiophene rings is 1. The molecule has 2 rings (SSSR count). The number of carbonyl (C=O) groups is 1. The number of carbonyl (C=O) groups excluding carboxylic acids is 1. The highest BCUT2D eigenvalue weighted by Gasteiger charge is 2.29. The molecule has 3 nitrogen and oxygen atoms in total. The summed E-state index contributed by atoms with van der Waals surface area (Å²) in [5, 5.41) is 4.99. The lowest BCUT2D eigenvalue weighted by Crippen LogP contribution is -2.39. The van der Waals surface area contributed by atoms with E-state index in [0.717, 1.165) is 14.9 Å². The molecule has 0 saturated heterocycles. The molecular weight excluding hydrogens is 336 g/mol. The van der Waals surface area contributed by atoms with Gasteiger partial charge in [0.25, 0.3) is 0 Å². The molecule has 0 radical (unpaired) electrons. The molecule has 0 bridgehead atoms. The highest BCUT2D eigenvalue weighted by atomic mass is 79.9. The van der Waals surface area contributed by atoms with Gasteiger partial charge in [-0.3, -0.25) is 4.79 Å². The molecule has 0 saturated carbocycles. The third-order valence-electron chi connectivity index (χ3n) is 3.30. The summed E-state index contributed by atoms with van der Waals surface area (Å²) < 4.78 is 1.04. The largest absolute Gasteiger partial charge is 0.399 e. The highest BCUT2D eigenvalue weighted by molar-refractivity contribution is 9.10. The lowest BCUT2D eigenvalue weighted by atomic mass is 9.83. The summed E-state index contributed by atoms with van der Waals surface area (Å²) in [5.74, 6) is 0.00238. The number of hydrogen-bond donors (Lipinski definition) is 2. The van der Waals surface area contributed by atoms with Crippen molar-refractivity contribution in [2.24, 2.45) is 0 Å². The van der Waals surface area contributed by atoms with E-state index < -0.39 is 5.41 Å². The molecule has 106 valence electrons. The Kier molecular flexibility index (Phi) is 4.50. The molecule has 2 aromatic rings. The number of nitrogens with two attached hydrogens (primary N) is 1. The monoisotopic (exact) mass is 352 g/mol. The van der Waals surface area contributed by atoms with Crippen molar-refractivity contribution >= 4 is 38.9 Å². The topological polar surface area (TPSA) is 55.1 Å². The Morgan fingerprint density at radius 3 is 2.50 bits per heavy atom. The predicted octanol–water partition coefficient (Wildman–Crippen LogP) is 3.69. The molecule has 0 unspecified atom stereocenters. The molecular formula is C15H17BrN2OS. The third-order valence-corrected chi connectivity index (χ3v) is 5.23. The van der Waals surface area contributed by atoms with E-state index in [0.29, 0.717) is 12.2 Å². The minimum absolute atomic E-state index is 0.00238. The lowest BCUT2D eigenvalue weighted by molar-refractivity contribution is -0.125. The van der Waals surface area contributed by atoms with Gasteiger partial charge in [0.2, 0.25) is 5.91 Å². The third kappa shape index (κ3) is 3.22. The van der Waals surface area contributed by atoms with E-state index in [1.807, 2.05) is 49.6 Å². The number of rotatable bonds is 4. The Hall–Kier alpha value is -1.33. The van der Waals surface area contributed by atoms with Gasteiger partial charge >= 0.3 is 0 Å². The average molecular weight is 353 g/mol. The van der Waals surface area contributed by atoms with Gasteiger partial charge in [-0.25, -0.2) is 0 Å². The van der Waals surface area contributed by atoms with Crippen molar-refractivity contribution in [1.29, 1.82) is 0 Å². The van der Waals surface area contributed by atoms with Gasteiger partial charge < -0.3 is 11.1 Å². The van der Waals surface area contributed by atoms with Crippen molar-refractivity contribution in [2.45, 2.75) is 25.8 Å². The summed E-state index contributed by atoms with van der Waals surface area (Å²) in [6.45, 7) is 4.37. The highest BCUT2D eigenvalue weighted by Crippen LogP contribution is 2.26. The van der Waals surface area contributed by atoms with Crippen LogP contribution in [-0.2, 0) is 16.8 Å². The van der Waals surface area contributed by atoms with Gasteiger partial charge in [-0.05, 0) is 58.9 Å². The van der Waals surface area contributed by atoms with Crippen LogP contribution in [0.3, 0.4) is 0 Å². The molecule has 0 aliphatic carbocycles. The Morgan fingerprint density at radius 1 is 1.30 bits per heavy atom. The number of anilines is 1. The standard InChI is InChI=1S/C15H17BrN2OS/c1-15(2,10-3-5-11(17)6-4-10)14(19)18-9-13-12(16)7-8-20-13/h3-8H,9,17H2,1-2H3,(H,18,19). The number of benzene rings is 1. The van der Waals surface area contributed by atoms with Crippen LogP contribution in [0, 0.1) is 0 Å². The second kappa shape index (κ2) is 5.97. The van der Waals surface area contributed by atoms with E-state index in [9.17, 15) is 4.79 Å². The first-order valence-electron chi connectivity index (χ1n) is 6.27. The zero-order valence-corrected chi connectivity index (χ0v) is 13.8. The Bertz CT molecular complexity index is 605. The number of nitrogens with one attached hydrogen (secondary N) is 1. The summed E-state index contributed by atoms with van der Waals surface area (Å²) in [6.07, 6.45) is 0. The van der Waals surface area contributed by atoms with Gasteiger partial charge in [-0.15, -0.1) is 11.3 Å². The molecule has 5 heteroatoms. The molecule has 0 aliphatic heterocycles. The maximum Gasteiger partial charge on any atom is 0.230 e. The van der Waals surface area contributed by atoms with Crippen LogP contribution in [0.4, 0.5) is 5.69 Å². The Morgan fingerprint density at radius 2 is 1.95 bits per heavy atom. The maximum atomic E-state index is 12.4. The number of halogens is 1. The molecule has 0 atom stereocenters. The summed E-state index contributed by atoms with van der Waals surface area (Å²) in [4.78, 5) is 13.5. The Balaban J connectivity index is 2.07. The zero-order valence-electron chi connectivity index (χ0n) is 11.4. The smallest absolute Gasteiger partial charge is 0.230 e. The zero-order chi connectivity index (χ0) is 14.8.